The minimum Gasteiger partial charge on any atom is -0.337 e. The SMILES string of the molecule is CN(C)S(=O)(=O)c1ccc(C(=O)Nc2ccc3nc(-c4cccs4)[nH]c3c2)cc1. The van der Waals surface area contributed by atoms with Crippen molar-refractivity contribution in [3.63, 3.8) is 0 Å². The molecule has 0 aliphatic rings. The topological polar surface area (TPSA) is 95.2 Å². The number of imidazole rings is 1. The Hall–Kier alpha value is -3.01. The first-order chi connectivity index (χ1) is 13.8. The predicted octanol–water partition coefficient (Wildman–Crippen LogP) is 3.79. The van der Waals surface area contributed by atoms with Crippen molar-refractivity contribution in [2.75, 3.05) is 19.4 Å². The molecule has 0 atom stereocenters. The highest BCUT2D eigenvalue weighted by Gasteiger charge is 2.17. The fraction of sp³-hybridized carbons (Fsp3) is 0.100. The molecule has 2 heterocycles. The summed E-state index contributed by atoms with van der Waals surface area (Å²) in [6.45, 7) is 0. The summed E-state index contributed by atoms with van der Waals surface area (Å²) < 4.78 is 25.4. The molecule has 0 aliphatic carbocycles. The lowest BCUT2D eigenvalue weighted by Gasteiger charge is -2.11. The maximum atomic E-state index is 12.5. The number of thiophene rings is 1. The lowest BCUT2D eigenvalue weighted by molar-refractivity contribution is 0.102. The molecule has 4 rings (SSSR count). The summed E-state index contributed by atoms with van der Waals surface area (Å²) in [6, 6.07) is 15.2. The summed E-state index contributed by atoms with van der Waals surface area (Å²) in [5.41, 5.74) is 2.61. The van der Waals surface area contributed by atoms with E-state index in [0.717, 1.165) is 26.0 Å². The smallest absolute Gasteiger partial charge is 0.255 e. The van der Waals surface area contributed by atoms with E-state index in [1.807, 2.05) is 29.6 Å². The molecular weight excluding hydrogens is 408 g/mol. The minimum atomic E-state index is -3.53. The average Bonchev–Trinajstić information content (AvgIpc) is 3.37. The Morgan fingerprint density at radius 1 is 1.10 bits per heavy atom. The van der Waals surface area contributed by atoms with Crippen molar-refractivity contribution in [1.29, 1.82) is 0 Å². The zero-order valence-electron chi connectivity index (χ0n) is 15.7. The first kappa shape index (κ1) is 19.3. The van der Waals surface area contributed by atoms with Gasteiger partial charge in [0.05, 0.1) is 20.8 Å². The molecule has 1 amide bonds. The average molecular weight is 427 g/mol. The standard InChI is InChI=1S/C20H18N4O3S2/c1-24(2)29(26,27)15-8-5-13(6-9-15)20(25)21-14-7-10-16-17(12-14)23-19(22-16)18-4-3-11-28-18/h3-12H,1-2H3,(H,21,25)(H,22,23). The van der Waals surface area contributed by atoms with E-state index in [1.165, 1.54) is 38.4 Å². The van der Waals surface area contributed by atoms with Gasteiger partial charge < -0.3 is 10.3 Å². The first-order valence-electron chi connectivity index (χ1n) is 8.72. The fourth-order valence-electron chi connectivity index (χ4n) is 2.81. The van der Waals surface area contributed by atoms with E-state index in [9.17, 15) is 13.2 Å². The van der Waals surface area contributed by atoms with Crippen molar-refractivity contribution in [3.05, 3.63) is 65.5 Å². The molecule has 0 spiro atoms. The number of rotatable bonds is 5. The van der Waals surface area contributed by atoms with E-state index in [-0.39, 0.29) is 10.8 Å². The van der Waals surface area contributed by atoms with Crippen molar-refractivity contribution in [1.82, 2.24) is 14.3 Å². The minimum absolute atomic E-state index is 0.138. The molecule has 0 aliphatic heterocycles. The van der Waals surface area contributed by atoms with Crippen LogP contribution in [0.3, 0.4) is 0 Å². The molecule has 0 saturated carbocycles. The summed E-state index contributed by atoms with van der Waals surface area (Å²) in [5.74, 6) is 0.465. The summed E-state index contributed by atoms with van der Waals surface area (Å²) in [5, 5.41) is 4.82. The second-order valence-electron chi connectivity index (χ2n) is 6.56. The van der Waals surface area contributed by atoms with Crippen LogP contribution in [0, 0.1) is 0 Å². The lowest BCUT2D eigenvalue weighted by atomic mass is 10.2. The number of nitrogens with one attached hydrogen (secondary N) is 2. The van der Waals surface area contributed by atoms with Crippen LogP contribution in [0.5, 0.6) is 0 Å². The number of nitrogens with zero attached hydrogens (tertiary/aromatic N) is 2. The normalized spacial score (nSPS) is 11.8. The zero-order chi connectivity index (χ0) is 20.6. The lowest BCUT2D eigenvalue weighted by Crippen LogP contribution is -2.22. The number of hydrogen-bond donors (Lipinski definition) is 2. The van der Waals surface area contributed by atoms with Gasteiger partial charge in [0, 0.05) is 25.3 Å². The number of hydrogen-bond acceptors (Lipinski definition) is 5. The number of fused-ring (bicyclic) bond motifs is 1. The highest BCUT2D eigenvalue weighted by molar-refractivity contribution is 7.89. The molecule has 29 heavy (non-hydrogen) atoms. The van der Waals surface area contributed by atoms with Crippen LogP contribution in [-0.4, -0.2) is 42.7 Å². The van der Waals surface area contributed by atoms with E-state index in [0.29, 0.717) is 11.3 Å². The van der Waals surface area contributed by atoms with E-state index in [4.69, 9.17) is 0 Å². The third-order valence-electron chi connectivity index (χ3n) is 4.39. The van der Waals surface area contributed by atoms with Crippen LogP contribution in [0.4, 0.5) is 5.69 Å². The molecule has 0 fully saturated rings. The molecule has 148 valence electrons. The van der Waals surface area contributed by atoms with Crippen molar-refractivity contribution < 1.29 is 13.2 Å². The summed E-state index contributed by atoms with van der Waals surface area (Å²) in [4.78, 5) is 21.5. The molecule has 4 aromatic rings. The van der Waals surface area contributed by atoms with Crippen molar-refractivity contribution in [2.45, 2.75) is 4.90 Å². The van der Waals surface area contributed by atoms with Crippen LogP contribution in [0.15, 0.2) is 64.9 Å². The van der Waals surface area contributed by atoms with E-state index >= 15 is 0 Å². The van der Waals surface area contributed by atoms with E-state index in [2.05, 4.69) is 15.3 Å². The van der Waals surface area contributed by atoms with Crippen LogP contribution in [0.25, 0.3) is 21.7 Å². The van der Waals surface area contributed by atoms with Gasteiger partial charge in [-0.2, -0.15) is 0 Å². The third kappa shape index (κ3) is 3.80. The first-order valence-corrected chi connectivity index (χ1v) is 11.0. The number of amides is 1. The molecule has 9 heteroatoms. The number of carbonyl (C=O) groups is 1. The largest absolute Gasteiger partial charge is 0.337 e. The maximum absolute atomic E-state index is 12.5. The van der Waals surface area contributed by atoms with Crippen LogP contribution in [-0.2, 0) is 10.0 Å². The quantitative estimate of drug-likeness (QED) is 0.507. The van der Waals surface area contributed by atoms with Crippen molar-refractivity contribution >= 4 is 44.0 Å². The predicted molar refractivity (Wildman–Crippen MR) is 115 cm³/mol. The van der Waals surface area contributed by atoms with Gasteiger partial charge in [-0.05, 0) is 53.9 Å². The van der Waals surface area contributed by atoms with E-state index in [1.54, 1.807) is 17.4 Å². The zero-order valence-corrected chi connectivity index (χ0v) is 17.3. The molecule has 2 N–H and O–H groups in total. The Labute approximate surface area is 172 Å². The van der Waals surface area contributed by atoms with Crippen molar-refractivity contribution in [3.8, 4) is 10.7 Å². The number of aromatic amines is 1. The Morgan fingerprint density at radius 2 is 1.86 bits per heavy atom. The van der Waals surface area contributed by atoms with Crippen LogP contribution >= 0.6 is 11.3 Å². The van der Waals surface area contributed by atoms with Crippen LogP contribution < -0.4 is 5.32 Å². The number of carbonyl (C=O) groups excluding carboxylic acids is 1. The van der Waals surface area contributed by atoms with E-state index < -0.39 is 10.0 Å². The Kier molecular flexibility index (Phi) is 4.95. The fourth-order valence-corrected chi connectivity index (χ4v) is 4.38. The van der Waals surface area contributed by atoms with Gasteiger partial charge in [-0.1, -0.05) is 6.07 Å². The molecule has 0 radical (unpaired) electrons. The van der Waals surface area contributed by atoms with Gasteiger partial charge in [-0.15, -0.1) is 11.3 Å². The highest BCUT2D eigenvalue weighted by atomic mass is 32.2. The molecule has 2 aromatic heterocycles. The number of benzene rings is 2. The van der Waals surface area contributed by atoms with Gasteiger partial charge in [0.15, 0.2) is 0 Å². The monoisotopic (exact) mass is 426 g/mol. The van der Waals surface area contributed by atoms with Crippen molar-refractivity contribution in [2.24, 2.45) is 0 Å². The Morgan fingerprint density at radius 3 is 2.52 bits per heavy atom. The Bertz CT molecular complexity index is 1280. The molecule has 0 saturated heterocycles. The van der Waals surface area contributed by atoms with Crippen LogP contribution in [0.1, 0.15) is 10.4 Å². The molecule has 7 nitrogen and oxygen atoms in total. The Balaban J connectivity index is 1.54. The molecule has 0 unspecified atom stereocenters. The molecule has 0 bridgehead atoms. The van der Waals surface area contributed by atoms with Gasteiger partial charge in [0.1, 0.15) is 5.82 Å². The number of aromatic nitrogens is 2. The highest BCUT2D eigenvalue weighted by Crippen LogP contribution is 2.26. The molecule has 2 aromatic carbocycles. The number of anilines is 1. The van der Waals surface area contributed by atoms with Gasteiger partial charge >= 0.3 is 0 Å². The maximum Gasteiger partial charge on any atom is 0.255 e. The number of H-pyrrole nitrogens is 1. The van der Waals surface area contributed by atoms with Gasteiger partial charge in [0.2, 0.25) is 10.0 Å². The van der Waals surface area contributed by atoms with Gasteiger partial charge in [-0.25, -0.2) is 17.7 Å². The summed E-state index contributed by atoms with van der Waals surface area (Å²) >= 11 is 1.60. The number of sulfonamides is 1. The van der Waals surface area contributed by atoms with Gasteiger partial charge in [-0.3, -0.25) is 4.79 Å². The summed E-state index contributed by atoms with van der Waals surface area (Å²) in [6.07, 6.45) is 0. The third-order valence-corrected chi connectivity index (χ3v) is 7.10. The second-order valence-corrected chi connectivity index (χ2v) is 9.66. The second kappa shape index (κ2) is 7.43. The van der Waals surface area contributed by atoms with Crippen LogP contribution in [0.2, 0.25) is 0 Å². The summed E-state index contributed by atoms with van der Waals surface area (Å²) in [7, 11) is -0.600. The molecular formula is C20H18N4O3S2. The van der Waals surface area contributed by atoms with Gasteiger partial charge in [0.25, 0.3) is 5.91 Å².